The first kappa shape index (κ1) is 28.8. The zero-order chi connectivity index (χ0) is 28.4. The summed E-state index contributed by atoms with van der Waals surface area (Å²) >= 11 is 0. The molecule has 5 heteroatoms. The highest BCUT2D eigenvalue weighted by atomic mass is 19.1. The number of hydrogen-bond acceptors (Lipinski definition) is 4. The summed E-state index contributed by atoms with van der Waals surface area (Å²) in [6.45, 7) is 8.86. The average molecular weight is 549 g/mol. The zero-order valence-electron chi connectivity index (χ0n) is 24.5. The fourth-order valence-corrected chi connectivity index (χ4v) is 8.34. The first-order chi connectivity index (χ1) is 19.2. The number of esters is 2. The van der Waals surface area contributed by atoms with Crippen molar-refractivity contribution in [2.45, 2.75) is 85.2 Å². The highest BCUT2D eigenvalue weighted by molar-refractivity contribution is 5.77. The van der Waals surface area contributed by atoms with Crippen LogP contribution in [-0.4, -0.2) is 24.6 Å². The van der Waals surface area contributed by atoms with Gasteiger partial charge in [-0.1, -0.05) is 56.7 Å². The number of allylic oxidation sites excluding steroid dienone is 6. The van der Waals surface area contributed by atoms with Crippen molar-refractivity contribution in [3.63, 3.8) is 0 Å². The van der Waals surface area contributed by atoms with Crippen molar-refractivity contribution in [2.75, 3.05) is 6.61 Å². The molecular formula is C35H45FO4. The molecule has 8 atom stereocenters. The average Bonchev–Trinajstić information content (AvgIpc) is 3.14. The molecule has 216 valence electrons. The summed E-state index contributed by atoms with van der Waals surface area (Å²) < 4.78 is 24.8. The second-order valence-electron chi connectivity index (χ2n) is 12.9. The van der Waals surface area contributed by atoms with Gasteiger partial charge in [-0.15, -0.1) is 0 Å². The van der Waals surface area contributed by atoms with E-state index in [1.165, 1.54) is 23.6 Å². The van der Waals surface area contributed by atoms with Gasteiger partial charge in [0.15, 0.2) is 0 Å². The van der Waals surface area contributed by atoms with E-state index in [9.17, 15) is 14.0 Å². The third-order valence-corrected chi connectivity index (χ3v) is 10.6. The van der Waals surface area contributed by atoms with Crippen molar-refractivity contribution >= 4 is 17.5 Å². The number of fused-ring (bicyclic) bond motifs is 2. The second kappa shape index (κ2) is 12.0. The quantitative estimate of drug-likeness (QED) is 0.308. The maximum atomic E-state index is 13.8. The van der Waals surface area contributed by atoms with Crippen molar-refractivity contribution in [2.24, 2.45) is 40.9 Å². The molecule has 0 radical (unpaired) electrons. The van der Waals surface area contributed by atoms with E-state index >= 15 is 0 Å². The number of carbonyl (C=O) groups is 2. The Hall–Kier alpha value is -2.69. The lowest BCUT2D eigenvalue weighted by atomic mass is 9.50. The number of ether oxygens (including phenoxy) is 2. The molecular weight excluding hydrogens is 503 g/mol. The number of carbonyl (C=O) groups excluding carboxylic acids is 2. The van der Waals surface area contributed by atoms with Gasteiger partial charge in [0.2, 0.25) is 0 Å². The Labute approximate surface area is 239 Å². The second-order valence-corrected chi connectivity index (χ2v) is 12.9. The normalized spacial score (nSPS) is 35.4. The summed E-state index contributed by atoms with van der Waals surface area (Å²) in [6.07, 6.45) is 16.6. The van der Waals surface area contributed by atoms with Crippen molar-refractivity contribution < 1.29 is 23.5 Å². The Kier molecular flexibility index (Phi) is 8.68. The minimum atomic E-state index is -0.203. The van der Waals surface area contributed by atoms with E-state index in [-0.39, 0.29) is 41.1 Å². The summed E-state index contributed by atoms with van der Waals surface area (Å²) in [5.41, 5.74) is 3.20. The third kappa shape index (κ3) is 5.71. The standard InChI is InChI=1S/C35H45FO4/c1-5-39-33(37)11-6-8-24-13-16-30-27(19-24)21-32-34(38)40-23(3)35(32,4)31(30)17-14-25-12-15-29(22(2)18-25)26-9-7-10-28(36)20-26/h7,9-10,12,14-15,17,20,22-24,27,30-32H,5-6,8,11,13,16,18-19,21H2,1-4H3/b17-14+/t22?,23-,24-,27+,30-,31+,32-,35+/m1/s1. The predicted octanol–water partition coefficient (Wildman–Crippen LogP) is 8.09. The smallest absolute Gasteiger partial charge is 0.309 e. The van der Waals surface area contributed by atoms with Crippen LogP contribution in [0.25, 0.3) is 5.57 Å². The summed E-state index contributed by atoms with van der Waals surface area (Å²) in [6, 6.07) is 6.86. The Morgan fingerprint density at radius 2 is 2.02 bits per heavy atom. The first-order valence-corrected chi connectivity index (χ1v) is 15.4. The topological polar surface area (TPSA) is 52.6 Å². The van der Waals surface area contributed by atoms with E-state index in [4.69, 9.17) is 9.47 Å². The van der Waals surface area contributed by atoms with Crippen LogP contribution < -0.4 is 0 Å². The predicted molar refractivity (Wildman–Crippen MR) is 155 cm³/mol. The van der Waals surface area contributed by atoms with Crippen molar-refractivity contribution in [3.05, 3.63) is 65.5 Å². The van der Waals surface area contributed by atoms with Gasteiger partial charge in [-0.25, -0.2) is 4.39 Å². The van der Waals surface area contributed by atoms with Gasteiger partial charge >= 0.3 is 11.9 Å². The molecule has 0 aromatic heterocycles. The van der Waals surface area contributed by atoms with Crippen molar-refractivity contribution in [1.29, 1.82) is 0 Å². The molecule has 3 fully saturated rings. The summed E-state index contributed by atoms with van der Waals surface area (Å²) in [7, 11) is 0. The Bertz CT molecular complexity index is 1200. The summed E-state index contributed by atoms with van der Waals surface area (Å²) in [4.78, 5) is 24.8. The van der Waals surface area contributed by atoms with Crippen LogP contribution in [0.3, 0.4) is 0 Å². The van der Waals surface area contributed by atoms with Gasteiger partial charge in [-0.3, -0.25) is 9.59 Å². The number of benzene rings is 1. The van der Waals surface area contributed by atoms with E-state index < -0.39 is 0 Å². The molecule has 1 aliphatic heterocycles. The van der Waals surface area contributed by atoms with Gasteiger partial charge in [0.25, 0.3) is 0 Å². The lowest BCUT2D eigenvalue weighted by Gasteiger charge is -2.53. The SMILES string of the molecule is CCOC(=O)CCC[C@@H]1CC[C@@H]2[C@@H](C1)C[C@@H]1C(=O)O[C@H](C)[C@@]1(C)[C@H]2/C=C/C1=CC=C(c2cccc(F)c2)C(C)C1. The van der Waals surface area contributed by atoms with E-state index in [1.807, 2.05) is 13.0 Å². The molecule has 4 aliphatic rings. The molecule has 0 spiro atoms. The van der Waals surface area contributed by atoms with Crippen LogP contribution in [0, 0.1) is 46.7 Å². The van der Waals surface area contributed by atoms with E-state index in [0.29, 0.717) is 36.7 Å². The minimum absolute atomic E-state index is 0.0237. The van der Waals surface area contributed by atoms with Crippen molar-refractivity contribution in [1.82, 2.24) is 0 Å². The molecule has 1 aromatic carbocycles. The van der Waals surface area contributed by atoms with Gasteiger partial charge < -0.3 is 9.47 Å². The molecule has 1 unspecified atom stereocenters. The molecule has 0 bridgehead atoms. The molecule has 1 aromatic rings. The number of rotatable bonds is 8. The maximum absolute atomic E-state index is 13.8. The van der Waals surface area contributed by atoms with Crippen LogP contribution in [0.15, 0.2) is 54.1 Å². The molecule has 0 amide bonds. The van der Waals surface area contributed by atoms with E-state index in [1.54, 1.807) is 12.1 Å². The molecule has 5 rings (SSSR count). The van der Waals surface area contributed by atoms with Gasteiger partial charge in [0.1, 0.15) is 11.9 Å². The number of halogens is 1. The summed E-state index contributed by atoms with van der Waals surface area (Å²) in [5, 5.41) is 0. The van der Waals surface area contributed by atoms with Gasteiger partial charge in [-0.05, 0) is 111 Å². The number of cyclic esters (lactones) is 1. The molecule has 1 heterocycles. The molecule has 40 heavy (non-hydrogen) atoms. The summed E-state index contributed by atoms with van der Waals surface area (Å²) in [5.74, 6) is 1.85. The van der Waals surface area contributed by atoms with Crippen molar-refractivity contribution in [3.8, 4) is 0 Å². The highest BCUT2D eigenvalue weighted by Gasteiger charge is 2.61. The van der Waals surface area contributed by atoms with Crippen LogP contribution >= 0.6 is 0 Å². The molecule has 0 N–H and O–H groups in total. The Morgan fingerprint density at radius 1 is 1.20 bits per heavy atom. The Morgan fingerprint density at radius 3 is 2.77 bits per heavy atom. The van der Waals surface area contributed by atoms with Crippen LogP contribution in [0.1, 0.15) is 84.6 Å². The molecule has 3 aliphatic carbocycles. The zero-order valence-corrected chi connectivity index (χ0v) is 24.5. The van der Waals surface area contributed by atoms with Crippen LogP contribution in [0.2, 0.25) is 0 Å². The Balaban J connectivity index is 1.33. The van der Waals surface area contributed by atoms with E-state index in [2.05, 4.69) is 45.1 Å². The largest absolute Gasteiger partial charge is 0.466 e. The third-order valence-electron chi connectivity index (χ3n) is 10.6. The fourth-order valence-electron chi connectivity index (χ4n) is 8.34. The van der Waals surface area contributed by atoms with Crippen LogP contribution in [0.5, 0.6) is 0 Å². The monoisotopic (exact) mass is 548 g/mol. The minimum Gasteiger partial charge on any atom is -0.466 e. The molecule has 2 saturated carbocycles. The highest BCUT2D eigenvalue weighted by Crippen LogP contribution is 2.61. The van der Waals surface area contributed by atoms with Gasteiger partial charge in [-0.2, -0.15) is 0 Å². The fraction of sp³-hybridized carbons (Fsp3) is 0.600. The molecule has 1 saturated heterocycles. The maximum Gasteiger partial charge on any atom is 0.309 e. The lowest BCUT2D eigenvalue weighted by molar-refractivity contribution is -0.145. The number of hydrogen-bond donors (Lipinski definition) is 0. The first-order valence-electron chi connectivity index (χ1n) is 15.4. The van der Waals surface area contributed by atoms with E-state index in [0.717, 1.165) is 44.1 Å². The van der Waals surface area contributed by atoms with Gasteiger partial charge in [0.05, 0.1) is 12.5 Å². The van der Waals surface area contributed by atoms with Crippen LogP contribution in [-0.2, 0) is 19.1 Å². The van der Waals surface area contributed by atoms with Crippen LogP contribution in [0.4, 0.5) is 4.39 Å². The molecule has 4 nitrogen and oxygen atoms in total. The lowest BCUT2D eigenvalue weighted by Crippen LogP contribution is -2.51. The van der Waals surface area contributed by atoms with Gasteiger partial charge in [0, 0.05) is 11.8 Å².